The van der Waals surface area contributed by atoms with Crippen molar-refractivity contribution in [3.63, 3.8) is 0 Å². The van der Waals surface area contributed by atoms with Crippen LogP contribution in [0.4, 0.5) is 4.79 Å². The molecule has 2 heterocycles. The smallest absolute Gasteiger partial charge is 0.326 e. The Labute approximate surface area is 131 Å². The fourth-order valence-corrected chi connectivity index (χ4v) is 2.25. The Balaban J connectivity index is 0.00000220. The minimum Gasteiger partial charge on any atom is -0.379 e. The quantitative estimate of drug-likeness (QED) is 0.744. The predicted molar refractivity (Wildman–Crippen MR) is 79.4 cm³/mol. The maximum absolute atomic E-state index is 12.4. The number of imide groups is 1. The molecule has 2 saturated heterocycles. The molecule has 0 aliphatic carbocycles. The average molecular weight is 322 g/mol. The molecule has 7 nitrogen and oxygen atoms in total. The molecule has 1 atom stereocenters. The number of nitrogens with zero attached hydrogens (tertiary/aromatic N) is 2. The van der Waals surface area contributed by atoms with E-state index in [1.165, 1.54) is 4.90 Å². The summed E-state index contributed by atoms with van der Waals surface area (Å²) in [4.78, 5) is 27.7. The van der Waals surface area contributed by atoms with Gasteiger partial charge in [0.05, 0.1) is 32.6 Å². The highest BCUT2D eigenvalue weighted by atomic mass is 35.5. The van der Waals surface area contributed by atoms with Crippen LogP contribution in [-0.4, -0.2) is 73.0 Å². The van der Waals surface area contributed by atoms with Gasteiger partial charge in [-0.15, -0.1) is 12.4 Å². The van der Waals surface area contributed by atoms with Crippen LogP contribution in [0.15, 0.2) is 0 Å². The average Bonchev–Trinajstić information content (AvgIpc) is 2.62. The molecule has 2 aliphatic heterocycles. The van der Waals surface area contributed by atoms with E-state index < -0.39 is 5.54 Å². The van der Waals surface area contributed by atoms with E-state index in [1.807, 2.05) is 18.7 Å². The van der Waals surface area contributed by atoms with Crippen LogP contribution in [0, 0.1) is 0 Å². The monoisotopic (exact) mass is 321 g/mol. The number of urea groups is 1. The summed E-state index contributed by atoms with van der Waals surface area (Å²) in [6, 6.07) is -0.351. The summed E-state index contributed by atoms with van der Waals surface area (Å²) in [6.45, 7) is 8.74. The van der Waals surface area contributed by atoms with Gasteiger partial charge in [0, 0.05) is 13.1 Å². The summed E-state index contributed by atoms with van der Waals surface area (Å²) in [6.07, 6.45) is 0.0184. The number of rotatable bonds is 5. The molecule has 1 N–H and O–H groups in total. The fourth-order valence-electron chi connectivity index (χ4n) is 2.25. The van der Waals surface area contributed by atoms with Gasteiger partial charge in [-0.25, -0.2) is 9.69 Å². The van der Waals surface area contributed by atoms with Crippen molar-refractivity contribution in [2.24, 2.45) is 0 Å². The first-order valence-corrected chi connectivity index (χ1v) is 6.98. The Morgan fingerprint density at radius 1 is 1.33 bits per heavy atom. The lowest BCUT2D eigenvalue weighted by atomic mass is 10.0. The zero-order valence-corrected chi connectivity index (χ0v) is 13.6. The van der Waals surface area contributed by atoms with Gasteiger partial charge >= 0.3 is 6.03 Å². The van der Waals surface area contributed by atoms with E-state index >= 15 is 0 Å². The SMILES string of the molecule is CC(C)OCC1(C)NC(=O)N(CN2CCOCC2)C1=O.Cl. The van der Waals surface area contributed by atoms with Crippen molar-refractivity contribution in [3.05, 3.63) is 0 Å². The number of hydrogen-bond donors (Lipinski definition) is 1. The lowest BCUT2D eigenvalue weighted by Gasteiger charge is -2.30. The highest BCUT2D eigenvalue weighted by Gasteiger charge is 2.48. The standard InChI is InChI=1S/C13H23N3O4.ClH/c1-10(2)20-8-13(3)11(17)16(12(18)14-13)9-15-4-6-19-7-5-15;/h10H,4-9H2,1-3H3,(H,14,18);1H. The largest absolute Gasteiger partial charge is 0.379 e. The molecular weight excluding hydrogens is 298 g/mol. The van der Waals surface area contributed by atoms with E-state index in [0.717, 1.165) is 13.1 Å². The van der Waals surface area contributed by atoms with Crippen LogP contribution in [0.25, 0.3) is 0 Å². The Bertz CT molecular complexity index is 388. The normalized spacial score (nSPS) is 27.0. The predicted octanol–water partition coefficient (Wildman–Crippen LogP) is 0.433. The van der Waals surface area contributed by atoms with Crippen molar-refractivity contribution in [2.45, 2.75) is 32.4 Å². The number of halogens is 1. The Morgan fingerprint density at radius 3 is 2.52 bits per heavy atom. The van der Waals surface area contributed by atoms with Crippen molar-refractivity contribution in [1.82, 2.24) is 15.1 Å². The second-order valence-corrected chi connectivity index (χ2v) is 5.73. The molecule has 8 heteroatoms. The number of amides is 3. The van der Waals surface area contributed by atoms with Crippen LogP contribution >= 0.6 is 12.4 Å². The highest BCUT2D eigenvalue weighted by molar-refractivity contribution is 6.06. The minimum absolute atomic E-state index is 0. The van der Waals surface area contributed by atoms with Crippen molar-refractivity contribution >= 4 is 24.3 Å². The molecule has 0 aromatic rings. The molecule has 122 valence electrons. The third-order valence-corrected chi connectivity index (χ3v) is 3.50. The number of morpholine rings is 1. The fraction of sp³-hybridized carbons (Fsp3) is 0.846. The van der Waals surface area contributed by atoms with Crippen LogP contribution < -0.4 is 5.32 Å². The molecule has 2 aliphatic rings. The van der Waals surface area contributed by atoms with Crippen molar-refractivity contribution < 1.29 is 19.1 Å². The van der Waals surface area contributed by atoms with Gasteiger partial charge in [0.1, 0.15) is 5.54 Å². The molecule has 0 bridgehead atoms. The molecule has 0 aromatic heterocycles. The first kappa shape index (κ1) is 18.2. The summed E-state index contributed by atoms with van der Waals surface area (Å²) >= 11 is 0. The van der Waals surface area contributed by atoms with Crippen LogP contribution in [0.3, 0.4) is 0 Å². The molecule has 21 heavy (non-hydrogen) atoms. The van der Waals surface area contributed by atoms with E-state index in [1.54, 1.807) is 6.92 Å². The van der Waals surface area contributed by atoms with Crippen LogP contribution in [0.5, 0.6) is 0 Å². The molecule has 1 unspecified atom stereocenters. The van der Waals surface area contributed by atoms with Gasteiger partial charge in [-0.1, -0.05) is 0 Å². The molecule has 2 rings (SSSR count). The number of nitrogens with one attached hydrogen (secondary N) is 1. The third kappa shape index (κ3) is 4.29. The number of ether oxygens (including phenoxy) is 2. The number of carbonyl (C=O) groups excluding carboxylic acids is 2. The van der Waals surface area contributed by atoms with Gasteiger partial charge in [0.15, 0.2) is 0 Å². The molecular formula is C13H24ClN3O4. The van der Waals surface area contributed by atoms with Gasteiger partial charge in [-0.05, 0) is 20.8 Å². The summed E-state index contributed by atoms with van der Waals surface area (Å²) < 4.78 is 10.7. The van der Waals surface area contributed by atoms with Crippen LogP contribution in [0.1, 0.15) is 20.8 Å². The molecule has 0 radical (unpaired) electrons. The van der Waals surface area contributed by atoms with E-state index in [-0.39, 0.29) is 37.1 Å². The van der Waals surface area contributed by atoms with E-state index in [4.69, 9.17) is 9.47 Å². The summed E-state index contributed by atoms with van der Waals surface area (Å²) in [5.74, 6) is -0.227. The second kappa shape index (κ2) is 7.40. The highest BCUT2D eigenvalue weighted by Crippen LogP contribution is 2.19. The molecule has 0 spiro atoms. The first-order valence-electron chi connectivity index (χ1n) is 6.98. The third-order valence-electron chi connectivity index (χ3n) is 3.50. The van der Waals surface area contributed by atoms with E-state index in [0.29, 0.717) is 19.9 Å². The van der Waals surface area contributed by atoms with Crippen molar-refractivity contribution in [1.29, 1.82) is 0 Å². The molecule has 3 amide bonds. The van der Waals surface area contributed by atoms with Crippen molar-refractivity contribution in [2.75, 3.05) is 39.6 Å². The second-order valence-electron chi connectivity index (χ2n) is 5.73. The molecule has 0 aromatic carbocycles. The van der Waals surface area contributed by atoms with Gasteiger partial charge in [0.2, 0.25) is 0 Å². The zero-order chi connectivity index (χ0) is 14.8. The van der Waals surface area contributed by atoms with E-state index in [9.17, 15) is 9.59 Å². The molecule has 0 saturated carbocycles. The Kier molecular flexibility index (Phi) is 6.40. The van der Waals surface area contributed by atoms with Crippen LogP contribution in [0.2, 0.25) is 0 Å². The number of carbonyl (C=O) groups is 2. The Morgan fingerprint density at radius 2 is 1.95 bits per heavy atom. The van der Waals surface area contributed by atoms with Gasteiger partial charge in [-0.3, -0.25) is 9.69 Å². The summed E-state index contributed by atoms with van der Waals surface area (Å²) in [7, 11) is 0. The summed E-state index contributed by atoms with van der Waals surface area (Å²) in [5, 5.41) is 2.73. The molecule has 2 fully saturated rings. The van der Waals surface area contributed by atoms with Crippen molar-refractivity contribution in [3.8, 4) is 0 Å². The first-order chi connectivity index (χ1) is 9.42. The zero-order valence-electron chi connectivity index (χ0n) is 12.8. The van der Waals surface area contributed by atoms with E-state index in [2.05, 4.69) is 5.32 Å². The number of hydrogen-bond acceptors (Lipinski definition) is 5. The lowest BCUT2D eigenvalue weighted by molar-refractivity contribution is -0.135. The maximum atomic E-state index is 12.4. The lowest BCUT2D eigenvalue weighted by Crippen LogP contribution is -2.50. The minimum atomic E-state index is -0.965. The maximum Gasteiger partial charge on any atom is 0.326 e. The summed E-state index contributed by atoms with van der Waals surface area (Å²) in [5.41, 5.74) is -0.965. The van der Waals surface area contributed by atoms with Crippen LogP contribution in [-0.2, 0) is 14.3 Å². The topological polar surface area (TPSA) is 71.1 Å². The van der Waals surface area contributed by atoms with Gasteiger partial charge < -0.3 is 14.8 Å². The van der Waals surface area contributed by atoms with Gasteiger partial charge in [-0.2, -0.15) is 0 Å². The van der Waals surface area contributed by atoms with Gasteiger partial charge in [0.25, 0.3) is 5.91 Å². The Hall–Kier alpha value is -0.890.